The summed E-state index contributed by atoms with van der Waals surface area (Å²) in [7, 11) is -3.47. The molecular formula is C10H14N4O2S2. The molecule has 2 heterocycles. The summed E-state index contributed by atoms with van der Waals surface area (Å²) in [5, 5.41) is 1.73. The fourth-order valence-electron chi connectivity index (χ4n) is 1.53. The Kier molecular flexibility index (Phi) is 4.12. The average molecular weight is 286 g/mol. The highest BCUT2D eigenvalue weighted by molar-refractivity contribution is 7.89. The van der Waals surface area contributed by atoms with Gasteiger partial charge in [-0.2, -0.15) is 0 Å². The highest BCUT2D eigenvalue weighted by Crippen LogP contribution is 2.20. The van der Waals surface area contributed by atoms with Gasteiger partial charge in [0.15, 0.2) is 0 Å². The third kappa shape index (κ3) is 2.96. The molecule has 4 N–H and O–H groups in total. The Morgan fingerprint density at radius 2 is 2.33 bits per heavy atom. The second kappa shape index (κ2) is 5.61. The topological polar surface area (TPSA) is 101 Å². The van der Waals surface area contributed by atoms with E-state index >= 15 is 0 Å². The zero-order valence-electron chi connectivity index (χ0n) is 9.59. The minimum atomic E-state index is -3.47. The first kappa shape index (κ1) is 13.2. The van der Waals surface area contributed by atoms with Gasteiger partial charge in [0.2, 0.25) is 10.0 Å². The maximum atomic E-state index is 12.0. The predicted molar refractivity (Wildman–Crippen MR) is 69.7 cm³/mol. The number of thiophene rings is 1. The van der Waals surface area contributed by atoms with Crippen LogP contribution in [-0.4, -0.2) is 24.9 Å². The SMILES string of the molecule is NCc1sccc1S(=O)(=O)NCCc1ncc[nH]1. The number of rotatable bonds is 6. The number of aromatic nitrogens is 2. The van der Waals surface area contributed by atoms with Crippen LogP contribution in [0.2, 0.25) is 0 Å². The van der Waals surface area contributed by atoms with E-state index in [-0.39, 0.29) is 11.4 Å². The largest absolute Gasteiger partial charge is 0.349 e. The normalized spacial score (nSPS) is 11.8. The lowest BCUT2D eigenvalue weighted by Gasteiger charge is -2.05. The van der Waals surface area contributed by atoms with Crippen molar-refractivity contribution in [2.75, 3.05) is 6.54 Å². The van der Waals surface area contributed by atoms with Crippen LogP contribution in [0.15, 0.2) is 28.7 Å². The molecule has 0 atom stereocenters. The van der Waals surface area contributed by atoms with E-state index in [9.17, 15) is 8.42 Å². The van der Waals surface area contributed by atoms with Gasteiger partial charge in [0, 0.05) is 36.8 Å². The highest BCUT2D eigenvalue weighted by Gasteiger charge is 2.18. The highest BCUT2D eigenvalue weighted by atomic mass is 32.2. The Hall–Kier alpha value is -1.22. The van der Waals surface area contributed by atoms with E-state index in [1.165, 1.54) is 11.3 Å². The maximum Gasteiger partial charge on any atom is 0.241 e. The Bertz CT molecular complexity index is 589. The molecule has 0 fully saturated rings. The number of nitrogens with two attached hydrogens (primary N) is 1. The molecule has 0 unspecified atom stereocenters. The molecule has 0 amide bonds. The van der Waals surface area contributed by atoms with Gasteiger partial charge >= 0.3 is 0 Å². The van der Waals surface area contributed by atoms with Gasteiger partial charge in [0.1, 0.15) is 5.82 Å². The molecule has 0 bridgehead atoms. The molecule has 0 aliphatic rings. The van der Waals surface area contributed by atoms with Crippen LogP contribution < -0.4 is 10.5 Å². The first-order chi connectivity index (χ1) is 8.63. The molecule has 2 rings (SSSR count). The summed E-state index contributed by atoms with van der Waals surface area (Å²) in [6, 6.07) is 1.57. The Balaban J connectivity index is 1.99. The Labute approximate surface area is 109 Å². The van der Waals surface area contributed by atoms with Gasteiger partial charge in [0.25, 0.3) is 0 Å². The molecule has 98 valence electrons. The van der Waals surface area contributed by atoms with Crippen molar-refractivity contribution in [2.45, 2.75) is 17.9 Å². The van der Waals surface area contributed by atoms with Crippen LogP contribution in [0.5, 0.6) is 0 Å². The fraction of sp³-hybridized carbons (Fsp3) is 0.300. The smallest absolute Gasteiger partial charge is 0.241 e. The summed E-state index contributed by atoms with van der Waals surface area (Å²) in [4.78, 5) is 7.88. The molecule has 0 saturated heterocycles. The van der Waals surface area contributed by atoms with Crippen molar-refractivity contribution in [3.63, 3.8) is 0 Å². The van der Waals surface area contributed by atoms with Crippen molar-refractivity contribution < 1.29 is 8.42 Å². The first-order valence-corrected chi connectivity index (χ1v) is 7.74. The lowest BCUT2D eigenvalue weighted by atomic mass is 10.4. The first-order valence-electron chi connectivity index (χ1n) is 5.38. The van der Waals surface area contributed by atoms with Gasteiger partial charge < -0.3 is 10.7 Å². The number of aromatic amines is 1. The number of H-pyrrole nitrogens is 1. The maximum absolute atomic E-state index is 12.0. The van der Waals surface area contributed by atoms with Crippen LogP contribution in [0.25, 0.3) is 0 Å². The molecule has 0 spiro atoms. The molecule has 0 saturated carbocycles. The van der Waals surface area contributed by atoms with Crippen LogP contribution in [-0.2, 0) is 23.0 Å². The van der Waals surface area contributed by atoms with Crippen LogP contribution in [0.3, 0.4) is 0 Å². The molecule has 0 aromatic carbocycles. The number of nitrogens with zero attached hydrogens (tertiary/aromatic N) is 1. The van der Waals surface area contributed by atoms with Gasteiger partial charge in [-0.1, -0.05) is 0 Å². The van der Waals surface area contributed by atoms with Gasteiger partial charge in [-0.15, -0.1) is 11.3 Å². The van der Waals surface area contributed by atoms with Gasteiger partial charge in [-0.25, -0.2) is 18.1 Å². The number of imidazole rings is 1. The van der Waals surface area contributed by atoms with Crippen molar-refractivity contribution in [3.8, 4) is 0 Å². The zero-order valence-corrected chi connectivity index (χ0v) is 11.2. The van der Waals surface area contributed by atoms with Crippen molar-refractivity contribution in [1.29, 1.82) is 0 Å². The molecular weight excluding hydrogens is 272 g/mol. The third-order valence-corrected chi connectivity index (χ3v) is 5.01. The Morgan fingerprint density at radius 3 is 3.00 bits per heavy atom. The zero-order chi connectivity index (χ0) is 13.0. The molecule has 18 heavy (non-hydrogen) atoms. The van der Waals surface area contributed by atoms with Crippen molar-refractivity contribution in [3.05, 3.63) is 34.5 Å². The molecule has 2 aromatic heterocycles. The summed E-state index contributed by atoms with van der Waals surface area (Å²) < 4.78 is 26.6. The quantitative estimate of drug-likeness (QED) is 0.717. The monoisotopic (exact) mass is 286 g/mol. The van der Waals surface area contributed by atoms with Crippen LogP contribution >= 0.6 is 11.3 Å². The second-order valence-electron chi connectivity index (χ2n) is 3.60. The van der Waals surface area contributed by atoms with Crippen molar-refractivity contribution in [2.24, 2.45) is 5.73 Å². The number of sulfonamides is 1. The van der Waals surface area contributed by atoms with E-state index < -0.39 is 10.0 Å². The van der Waals surface area contributed by atoms with E-state index in [0.29, 0.717) is 17.8 Å². The number of hydrogen-bond acceptors (Lipinski definition) is 5. The standard InChI is InChI=1S/C10H14N4O2S2/c11-7-8-9(2-6-17-8)18(15,16)14-3-1-10-12-4-5-13-10/h2,4-6,14H,1,3,7,11H2,(H,12,13). The lowest BCUT2D eigenvalue weighted by molar-refractivity contribution is 0.580. The van der Waals surface area contributed by atoms with Gasteiger partial charge in [0.05, 0.1) is 4.90 Å². The van der Waals surface area contributed by atoms with E-state index in [2.05, 4.69) is 14.7 Å². The van der Waals surface area contributed by atoms with Crippen LogP contribution in [0, 0.1) is 0 Å². The van der Waals surface area contributed by atoms with E-state index in [1.54, 1.807) is 23.8 Å². The lowest BCUT2D eigenvalue weighted by Crippen LogP contribution is -2.26. The second-order valence-corrected chi connectivity index (χ2v) is 6.33. The van der Waals surface area contributed by atoms with E-state index in [1.807, 2.05) is 0 Å². The fourth-order valence-corrected chi connectivity index (χ4v) is 3.90. The third-order valence-electron chi connectivity index (χ3n) is 2.39. The summed E-state index contributed by atoms with van der Waals surface area (Å²) >= 11 is 1.34. The molecule has 0 radical (unpaired) electrons. The Morgan fingerprint density at radius 1 is 1.50 bits per heavy atom. The minimum Gasteiger partial charge on any atom is -0.349 e. The molecule has 2 aromatic rings. The molecule has 0 aliphatic carbocycles. The van der Waals surface area contributed by atoms with Crippen molar-refractivity contribution in [1.82, 2.24) is 14.7 Å². The van der Waals surface area contributed by atoms with Gasteiger partial charge in [-0.3, -0.25) is 0 Å². The average Bonchev–Trinajstić information content (AvgIpc) is 2.99. The summed E-state index contributed by atoms with van der Waals surface area (Å²) in [6.07, 6.45) is 3.86. The van der Waals surface area contributed by atoms with E-state index in [0.717, 1.165) is 5.82 Å². The summed E-state index contributed by atoms with van der Waals surface area (Å²) in [5.41, 5.74) is 5.50. The number of hydrogen-bond donors (Lipinski definition) is 3. The number of nitrogens with one attached hydrogen (secondary N) is 2. The summed E-state index contributed by atoms with van der Waals surface area (Å²) in [5.74, 6) is 0.752. The molecule has 8 heteroatoms. The van der Waals surface area contributed by atoms with Gasteiger partial charge in [-0.05, 0) is 11.4 Å². The predicted octanol–water partition coefficient (Wildman–Crippen LogP) is 0.451. The summed E-state index contributed by atoms with van der Waals surface area (Å²) in [6.45, 7) is 0.530. The van der Waals surface area contributed by atoms with E-state index in [4.69, 9.17) is 5.73 Å². The van der Waals surface area contributed by atoms with Crippen LogP contribution in [0.1, 0.15) is 10.7 Å². The van der Waals surface area contributed by atoms with Crippen LogP contribution in [0.4, 0.5) is 0 Å². The molecule has 6 nitrogen and oxygen atoms in total. The minimum absolute atomic E-state index is 0.228. The van der Waals surface area contributed by atoms with Crippen molar-refractivity contribution >= 4 is 21.4 Å². The molecule has 0 aliphatic heterocycles.